The van der Waals surface area contributed by atoms with Crippen molar-refractivity contribution in [3.8, 4) is 0 Å². The van der Waals surface area contributed by atoms with Crippen LogP contribution in [0.15, 0.2) is 17.6 Å². The molecule has 8 heteroatoms. The Morgan fingerprint density at radius 3 is 2.48 bits per heavy atom. The van der Waals surface area contributed by atoms with Gasteiger partial charge in [0.2, 0.25) is 0 Å². The maximum atomic E-state index is 4.93. The van der Waals surface area contributed by atoms with Gasteiger partial charge in [0.1, 0.15) is 18.0 Å². The third-order valence-electron chi connectivity index (χ3n) is 5.16. The van der Waals surface area contributed by atoms with E-state index < -0.39 is 0 Å². The Morgan fingerprint density at radius 1 is 1.10 bits per heavy atom. The van der Waals surface area contributed by atoms with Gasteiger partial charge >= 0.3 is 0 Å². The van der Waals surface area contributed by atoms with Crippen LogP contribution in [0.25, 0.3) is 0 Å². The molecular formula is C21H35N7S. The second-order valence-electron chi connectivity index (χ2n) is 8.80. The van der Waals surface area contributed by atoms with Crippen LogP contribution in [-0.2, 0) is 18.9 Å². The van der Waals surface area contributed by atoms with Crippen LogP contribution in [0.3, 0.4) is 0 Å². The topological polar surface area (TPSA) is 63.0 Å². The molecule has 0 unspecified atom stereocenters. The lowest BCUT2D eigenvalue weighted by Gasteiger charge is -2.36. The van der Waals surface area contributed by atoms with Crippen LogP contribution >= 0.6 is 11.8 Å². The van der Waals surface area contributed by atoms with E-state index in [1.54, 1.807) is 18.1 Å². The lowest BCUT2D eigenvalue weighted by molar-refractivity contribution is 0.258. The van der Waals surface area contributed by atoms with Crippen molar-refractivity contribution in [2.45, 2.75) is 57.5 Å². The summed E-state index contributed by atoms with van der Waals surface area (Å²) in [4.78, 5) is 14.7. The first-order chi connectivity index (χ1) is 13.9. The van der Waals surface area contributed by atoms with Crippen molar-refractivity contribution >= 4 is 17.6 Å². The number of aromatic nitrogens is 5. The monoisotopic (exact) mass is 417 g/mol. The molecule has 3 heterocycles. The van der Waals surface area contributed by atoms with Crippen molar-refractivity contribution in [3.63, 3.8) is 0 Å². The molecule has 29 heavy (non-hydrogen) atoms. The summed E-state index contributed by atoms with van der Waals surface area (Å²) < 4.78 is 1.98. The Labute approximate surface area is 179 Å². The molecule has 0 bridgehead atoms. The number of hydrogen-bond acceptors (Lipinski definition) is 7. The number of aryl methyl sites for hydroxylation is 2. The first-order valence-electron chi connectivity index (χ1n) is 10.7. The summed E-state index contributed by atoms with van der Waals surface area (Å²) in [5.41, 5.74) is 1.14. The number of rotatable bonds is 8. The average molecular weight is 418 g/mol. The summed E-state index contributed by atoms with van der Waals surface area (Å²) in [5.74, 6) is 3.14. The highest BCUT2D eigenvalue weighted by atomic mass is 32.2. The number of thioether (sulfide) groups is 1. The third-order valence-corrected chi connectivity index (χ3v) is 6.28. The number of piperazine rings is 1. The van der Waals surface area contributed by atoms with Crippen LogP contribution in [-0.4, -0.2) is 68.1 Å². The lowest BCUT2D eigenvalue weighted by atomic mass is 9.95. The molecule has 2 aromatic heterocycles. The highest BCUT2D eigenvalue weighted by Gasteiger charge is 2.23. The third kappa shape index (κ3) is 6.15. The van der Waals surface area contributed by atoms with E-state index in [4.69, 9.17) is 9.97 Å². The molecule has 1 aliphatic heterocycles. The molecule has 0 atom stereocenters. The lowest BCUT2D eigenvalue weighted by Crippen LogP contribution is -2.47. The Morgan fingerprint density at radius 2 is 1.86 bits per heavy atom. The molecule has 0 N–H and O–H groups in total. The van der Waals surface area contributed by atoms with Gasteiger partial charge in [-0.2, -0.15) is 0 Å². The van der Waals surface area contributed by atoms with Crippen LogP contribution in [0.2, 0.25) is 0 Å². The Kier molecular flexibility index (Phi) is 7.51. The van der Waals surface area contributed by atoms with Crippen LogP contribution in [0, 0.1) is 0 Å². The normalized spacial score (nSPS) is 15.8. The van der Waals surface area contributed by atoms with E-state index >= 15 is 0 Å². The standard InChI is InChI=1S/C21H35N7S/c1-6-8-17-15-18(24-19(23-17)21(2,3)4)28-12-10-27(11-13-28)9-7-14-29-20-25-22-16-26(20)5/h15-16H,6-14H2,1-5H3. The molecule has 0 radical (unpaired) electrons. The van der Waals surface area contributed by atoms with Crippen LogP contribution in [0.4, 0.5) is 5.82 Å². The molecule has 0 spiro atoms. The molecule has 1 aliphatic rings. The van der Waals surface area contributed by atoms with Gasteiger partial charge in [0.25, 0.3) is 0 Å². The quantitative estimate of drug-likeness (QED) is 0.483. The Hall–Kier alpha value is -1.67. The van der Waals surface area contributed by atoms with E-state index in [-0.39, 0.29) is 5.41 Å². The first-order valence-corrected chi connectivity index (χ1v) is 11.7. The molecule has 2 aromatic rings. The highest BCUT2D eigenvalue weighted by molar-refractivity contribution is 7.99. The largest absolute Gasteiger partial charge is 0.354 e. The van der Waals surface area contributed by atoms with Gasteiger partial charge in [-0.1, -0.05) is 45.9 Å². The zero-order chi connectivity index (χ0) is 20.9. The summed E-state index contributed by atoms with van der Waals surface area (Å²) in [6.45, 7) is 14.2. The zero-order valence-corrected chi connectivity index (χ0v) is 19.4. The molecule has 3 rings (SSSR count). The smallest absolute Gasteiger partial charge is 0.190 e. The summed E-state index contributed by atoms with van der Waals surface area (Å²) >= 11 is 1.79. The first kappa shape index (κ1) is 22.0. The summed E-state index contributed by atoms with van der Waals surface area (Å²) in [5, 5.41) is 9.06. The van der Waals surface area contributed by atoms with Gasteiger partial charge in [0, 0.05) is 56.2 Å². The van der Waals surface area contributed by atoms with E-state index in [1.807, 2.05) is 11.6 Å². The van der Waals surface area contributed by atoms with Gasteiger partial charge in [0.15, 0.2) is 5.16 Å². The van der Waals surface area contributed by atoms with Crippen LogP contribution < -0.4 is 4.90 Å². The van der Waals surface area contributed by atoms with Gasteiger partial charge in [0.05, 0.1) is 0 Å². The maximum absolute atomic E-state index is 4.93. The summed E-state index contributed by atoms with van der Waals surface area (Å²) in [7, 11) is 1.99. The molecule has 1 fully saturated rings. The minimum atomic E-state index is -0.0271. The molecular weight excluding hydrogens is 382 g/mol. The van der Waals surface area contributed by atoms with Gasteiger partial charge < -0.3 is 9.47 Å². The predicted molar refractivity (Wildman–Crippen MR) is 120 cm³/mol. The molecule has 7 nitrogen and oxygen atoms in total. The van der Waals surface area contributed by atoms with Crippen LogP contribution in [0.5, 0.6) is 0 Å². The minimum absolute atomic E-state index is 0.0271. The van der Waals surface area contributed by atoms with Crippen molar-refractivity contribution < 1.29 is 0 Å². The van der Waals surface area contributed by atoms with E-state index in [2.05, 4.69) is 53.8 Å². The van der Waals surface area contributed by atoms with Gasteiger partial charge in [-0.15, -0.1) is 10.2 Å². The van der Waals surface area contributed by atoms with Gasteiger partial charge in [-0.3, -0.25) is 4.90 Å². The van der Waals surface area contributed by atoms with E-state index in [0.29, 0.717) is 0 Å². The molecule has 0 aliphatic carbocycles. The highest BCUT2D eigenvalue weighted by Crippen LogP contribution is 2.24. The van der Waals surface area contributed by atoms with Gasteiger partial charge in [-0.25, -0.2) is 9.97 Å². The Bertz CT molecular complexity index is 776. The number of nitrogens with zero attached hydrogens (tertiary/aromatic N) is 7. The zero-order valence-electron chi connectivity index (χ0n) is 18.6. The van der Waals surface area contributed by atoms with E-state index in [9.17, 15) is 0 Å². The van der Waals surface area contributed by atoms with Crippen molar-refractivity contribution in [1.29, 1.82) is 0 Å². The van der Waals surface area contributed by atoms with Gasteiger partial charge in [-0.05, 0) is 19.4 Å². The van der Waals surface area contributed by atoms with Crippen molar-refractivity contribution in [1.82, 2.24) is 29.6 Å². The fourth-order valence-corrected chi connectivity index (χ4v) is 4.23. The molecule has 1 saturated heterocycles. The van der Waals surface area contributed by atoms with Crippen molar-refractivity contribution in [3.05, 3.63) is 23.9 Å². The maximum Gasteiger partial charge on any atom is 0.190 e. The number of hydrogen-bond donors (Lipinski definition) is 0. The second kappa shape index (κ2) is 9.89. The molecule has 0 aromatic carbocycles. The second-order valence-corrected chi connectivity index (χ2v) is 9.86. The SMILES string of the molecule is CCCc1cc(N2CCN(CCCSc3nncn3C)CC2)nc(C(C)(C)C)n1. The van der Waals surface area contributed by atoms with Crippen LogP contribution in [0.1, 0.15) is 52.1 Å². The molecule has 0 saturated carbocycles. The fourth-order valence-electron chi connectivity index (χ4n) is 3.42. The van der Waals surface area contributed by atoms with Crippen molar-refractivity contribution in [2.75, 3.05) is 43.4 Å². The number of anilines is 1. The molecule has 0 amide bonds. The minimum Gasteiger partial charge on any atom is -0.354 e. The summed E-state index contributed by atoms with van der Waals surface area (Å²) in [6.07, 6.45) is 5.05. The predicted octanol–water partition coefficient (Wildman–Crippen LogP) is 3.16. The molecule has 160 valence electrons. The fraction of sp³-hybridized carbons (Fsp3) is 0.714. The Balaban J connectivity index is 1.51. The summed E-state index contributed by atoms with van der Waals surface area (Å²) in [6, 6.07) is 2.20. The van der Waals surface area contributed by atoms with Crippen molar-refractivity contribution in [2.24, 2.45) is 7.05 Å². The average Bonchev–Trinajstić information content (AvgIpc) is 3.10. The van der Waals surface area contributed by atoms with E-state index in [0.717, 1.165) is 68.1 Å². The van der Waals surface area contributed by atoms with E-state index in [1.165, 1.54) is 12.1 Å².